The van der Waals surface area contributed by atoms with Crippen LogP contribution in [0.15, 0.2) is 29.4 Å². The van der Waals surface area contributed by atoms with Crippen molar-refractivity contribution in [2.24, 2.45) is 10.7 Å². The first-order chi connectivity index (χ1) is 8.76. The van der Waals surface area contributed by atoms with E-state index >= 15 is 0 Å². The van der Waals surface area contributed by atoms with E-state index in [-0.39, 0.29) is 0 Å². The summed E-state index contributed by atoms with van der Waals surface area (Å²) in [6, 6.07) is 5.44. The minimum absolute atomic E-state index is 0.534. The summed E-state index contributed by atoms with van der Waals surface area (Å²) in [5, 5.41) is 1.87. The molecule has 18 heavy (non-hydrogen) atoms. The van der Waals surface area contributed by atoms with Gasteiger partial charge in [-0.25, -0.2) is 9.98 Å². The zero-order valence-electron chi connectivity index (χ0n) is 10.8. The summed E-state index contributed by atoms with van der Waals surface area (Å²) in [7, 11) is 0. The number of aryl methyl sites for hydroxylation is 1. The maximum Gasteiger partial charge on any atom is 0.161 e. The smallest absolute Gasteiger partial charge is 0.161 e. The zero-order valence-corrected chi connectivity index (χ0v) is 10.8. The summed E-state index contributed by atoms with van der Waals surface area (Å²) in [6.07, 6.45) is 3.74. The number of hydrogen-bond acceptors (Lipinski definition) is 3. The molecule has 1 aromatic heterocycles. The predicted molar refractivity (Wildman–Crippen MR) is 75.6 cm³/mol. The molecule has 0 aliphatic rings. The van der Waals surface area contributed by atoms with Gasteiger partial charge in [0.15, 0.2) is 5.82 Å². The van der Waals surface area contributed by atoms with Crippen LogP contribution in [0, 0.1) is 6.92 Å². The maximum absolute atomic E-state index is 10.7. The van der Waals surface area contributed by atoms with E-state index in [2.05, 4.69) is 9.98 Å². The molecule has 0 amide bonds. The van der Waals surface area contributed by atoms with E-state index in [0.29, 0.717) is 11.4 Å². The van der Waals surface area contributed by atoms with E-state index in [1.54, 1.807) is 18.3 Å². The molecule has 4 nitrogen and oxygen atoms in total. The number of pyridine rings is 1. The lowest BCUT2D eigenvalue weighted by Gasteiger charge is -2.04. The van der Waals surface area contributed by atoms with Crippen molar-refractivity contribution in [1.82, 2.24) is 4.98 Å². The lowest BCUT2D eigenvalue weighted by Crippen LogP contribution is -1.90. The molecule has 94 valence electrons. The van der Waals surface area contributed by atoms with Gasteiger partial charge in [0.2, 0.25) is 0 Å². The molecule has 0 bridgehead atoms. The van der Waals surface area contributed by atoms with Crippen molar-refractivity contribution in [2.75, 3.05) is 0 Å². The summed E-state index contributed by atoms with van der Waals surface area (Å²) in [5.41, 5.74) is 6.91. The van der Waals surface area contributed by atoms with Crippen molar-refractivity contribution in [3.8, 4) is 0 Å². The lowest BCUT2D eigenvalue weighted by molar-refractivity contribution is 0.112. The van der Waals surface area contributed by atoms with Gasteiger partial charge < -0.3 is 5.73 Å². The fourth-order valence-corrected chi connectivity index (χ4v) is 1.63. The topological polar surface area (TPSA) is 68.3 Å². The molecule has 0 aliphatic heterocycles. The Labute approximate surface area is 107 Å². The molecule has 0 fully saturated rings. The van der Waals surface area contributed by atoms with Gasteiger partial charge in [-0.1, -0.05) is 26.0 Å². The van der Waals surface area contributed by atoms with Crippen LogP contribution in [-0.2, 0) is 0 Å². The molecule has 0 saturated heterocycles. The molecule has 0 saturated carbocycles. The number of rotatable bonds is 2. The lowest BCUT2D eigenvalue weighted by atomic mass is 10.1. The third-order valence-electron chi connectivity index (χ3n) is 2.42. The third kappa shape index (κ3) is 2.71. The van der Waals surface area contributed by atoms with E-state index in [1.807, 2.05) is 26.8 Å². The van der Waals surface area contributed by atoms with Crippen molar-refractivity contribution in [3.63, 3.8) is 0 Å². The van der Waals surface area contributed by atoms with Crippen LogP contribution in [0.4, 0.5) is 5.82 Å². The van der Waals surface area contributed by atoms with Gasteiger partial charge in [0, 0.05) is 17.1 Å². The summed E-state index contributed by atoms with van der Waals surface area (Å²) in [6.45, 7) is 5.96. The first-order valence-corrected chi connectivity index (χ1v) is 5.85. The molecule has 2 N–H and O–H groups in total. The second kappa shape index (κ2) is 6.49. The van der Waals surface area contributed by atoms with Crippen LogP contribution in [0.1, 0.15) is 29.8 Å². The first-order valence-electron chi connectivity index (χ1n) is 5.85. The fraction of sp³-hybridized carbons (Fsp3) is 0.214. The van der Waals surface area contributed by atoms with E-state index in [1.165, 1.54) is 6.34 Å². The minimum Gasteiger partial charge on any atom is -0.390 e. The number of carbonyl (C=O) groups excluding carboxylic acids is 1. The number of nitrogens with zero attached hydrogens (tertiary/aromatic N) is 2. The van der Waals surface area contributed by atoms with Crippen molar-refractivity contribution < 1.29 is 4.79 Å². The Morgan fingerprint density at radius 1 is 1.28 bits per heavy atom. The number of aldehydes is 1. The van der Waals surface area contributed by atoms with Gasteiger partial charge in [-0.15, -0.1) is 0 Å². The molecule has 0 unspecified atom stereocenters. The van der Waals surface area contributed by atoms with Gasteiger partial charge in [-0.3, -0.25) is 4.79 Å². The molecule has 0 atom stereocenters. The summed E-state index contributed by atoms with van der Waals surface area (Å²) < 4.78 is 0. The van der Waals surface area contributed by atoms with Gasteiger partial charge in [0.1, 0.15) is 6.29 Å². The third-order valence-corrected chi connectivity index (χ3v) is 2.42. The van der Waals surface area contributed by atoms with Crippen molar-refractivity contribution in [1.29, 1.82) is 0 Å². The standard InChI is InChI=1S/C12H11N3O.C2H6/c1-8-5-14-12(15-7-13)11-4-9(6-16)2-3-10(8)11;1-2/h2-7H,1H3,(H2,13,14,15);1-2H3. The Balaban J connectivity index is 0.000000771. The van der Waals surface area contributed by atoms with Crippen molar-refractivity contribution in [3.05, 3.63) is 35.5 Å². The Hall–Kier alpha value is -2.23. The van der Waals surface area contributed by atoms with E-state index in [4.69, 9.17) is 5.73 Å². The van der Waals surface area contributed by atoms with E-state index in [9.17, 15) is 4.79 Å². The van der Waals surface area contributed by atoms with Crippen molar-refractivity contribution >= 4 is 29.2 Å². The minimum atomic E-state index is 0.534. The highest BCUT2D eigenvalue weighted by Gasteiger charge is 2.04. The molecule has 4 heteroatoms. The Bertz CT molecular complexity index is 577. The monoisotopic (exact) mass is 243 g/mol. The van der Waals surface area contributed by atoms with Gasteiger partial charge in [0.25, 0.3) is 0 Å². The molecule has 0 radical (unpaired) electrons. The second-order valence-corrected chi connectivity index (χ2v) is 3.47. The Morgan fingerprint density at radius 3 is 2.61 bits per heavy atom. The van der Waals surface area contributed by atoms with Crippen LogP contribution < -0.4 is 5.73 Å². The summed E-state index contributed by atoms with van der Waals surface area (Å²) in [5.74, 6) is 0.534. The normalized spacial score (nSPS) is 10.2. The number of hydrogen-bond donors (Lipinski definition) is 1. The zero-order chi connectivity index (χ0) is 13.5. The van der Waals surface area contributed by atoms with E-state index < -0.39 is 0 Å². The van der Waals surface area contributed by atoms with Crippen molar-refractivity contribution in [2.45, 2.75) is 20.8 Å². The maximum atomic E-state index is 10.7. The van der Waals surface area contributed by atoms with Crippen LogP contribution in [0.3, 0.4) is 0 Å². The number of aromatic nitrogens is 1. The molecule has 2 aromatic rings. The molecular weight excluding hydrogens is 226 g/mol. The summed E-state index contributed by atoms with van der Waals surface area (Å²) in [4.78, 5) is 18.9. The molecule has 1 heterocycles. The molecular formula is C14H17N3O. The van der Waals surface area contributed by atoms with Crippen LogP contribution >= 0.6 is 0 Å². The van der Waals surface area contributed by atoms with Crippen LogP contribution in [0.2, 0.25) is 0 Å². The van der Waals surface area contributed by atoms with Crippen LogP contribution in [0.25, 0.3) is 10.8 Å². The van der Waals surface area contributed by atoms with Crippen LogP contribution in [-0.4, -0.2) is 17.6 Å². The predicted octanol–water partition coefficient (Wildman–Crippen LogP) is 3.00. The molecule has 0 aliphatic carbocycles. The average molecular weight is 243 g/mol. The van der Waals surface area contributed by atoms with Gasteiger partial charge in [-0.05, 0) is 23.9 Å². The average Bonchev–Trinajstić information content (AvgIpc) is 2.44. The number of carbonyl (C=O) groups is 1. The number of fused-ring (bicyclic) bond motifs is 1. The van der Waals surface area contributed by atoms with Gasteiger partial charge >= 0.3 is 0 Å². The van der Waals surface area contributed by atoms with Crippen LogP contribution in [0.5, 0.6) is 0 Å². The van der Waals surface area contributed by atoms with Gasteiger partial charge in [-0.2, -0.15) is 0 Å². The number of benzene rings is 1. The highest BCUT2D eigenvalue weighted by molar-refractivity contribution is 5.97. The highest BCUT2D eigenvalue weighted by Crippen LogP contribution is 2.26. The molecule has 1 aromatic carbocycles. The fourth-order valence-electron chi connectivity index (χ4n) is 1.63. The Kier molecular flexibility index (Phi) is 4.99. The second-order valence-electron chi connectivity index (χ2n) is 3.47. The molecule has 2 rings (SSSR count). The number of aliphatic imine (C=N–C) groups is 1. The van der Waals surface area contributed by atoms with E-state index in [0.717, 1.165) is 22.6 Å². The largest absolute Gasteiger partial charge is 0.390 e. The van der Waals surface area contributed by atoms with Gasteiger partial charge in [0.05, 0.1) is 6.34 Å². The summed E-state index contributed by atoms with van der Waals surface area (Å²) >= 11 is 0. The highest BCUT2D eigenvalue weighted by atomic mass is 16.1. The number of nitrogens with two attached hydrogens (primary N) is 1. The first kappa shape index (κ1) is 13.8. The quantitative estimate of drug-likeness (QED) is 0.501. The SMILES string of the molecule is CC.Cc1cnc(N=CN)c2cc(C=O)ccc12. The molecule has 0 spiro atoms. The Morgan fingerprint density at radius 2 is 2.00 bits per heavy atom.